The van der Waals surface area contributed by atoms with E-state index in [-0.39, 0.29) is 17.3 Å². The average Bonchev–Trinajstić information content (AvgIpc) is 2.77. The van der Waals surface area contributed by atoms with Crippen molar-refractivity contribution in [1.29, 1.82) is 0 Å². The first-order chi connectivity index (χ1) is 15.4. The highest BCUT2D eigenvalue weighted by Crippen LogP contribution is 2.25. The summed E-state index contributed by atoms with van der Waals surface area (Å²) in [5.41, 5.74) is 0.281. The van der Waals surface area contributed by atoms with E-state index in [1.54, 1.807) is 18.2 Å². The van der Waals surface area contributed by atoms with Gasteiger partial charge in [-0.1, -0.05) is 41.4 Å². The van der Waals surface area contributed by atoms with Crippen LogP contribution in [-0.4, -0.2) is 63.2 Å². The molecule has 0 spiro atoms. The number of likely N-dealkylation sites (N-methyl/N-ethyl adjacent to an activating group) is 1. The van der Waals surface area contributed by atoms with Crippen molar-refractivity contribution in [2.75, 3.05) is 32.0 Å². The maximum atomic E-state index is 14.5. The van der Waals surface area contributed by atoms with Crippen LogP contribution in [0.3, 0.4) is 0 Å². The SMILES string of the molecule is CNC(=O)[C@@H](C)N(Cc1ccc(Cl)c(Cl)c1)C(=O)CN(c1ccccc1F)S(=O)(=O)N(C)C. The van der Waals surface area contributed by atoms with Crippen molar-refractivity contribution in [3.05, 3.63) is 63.9 Å². The highest BCUT2D eigenvalue weighted by Gasteiger charge is 2.33. The summed E-state index contributed by atoms with van der Waals surface area (Å²) in [4.78, 5) is 26.9. The molecule has 8 nitrogen and oxygen atoms in total. The molecular formula is C21H25Cl2FN4O4S. The Balaban J connectivity index is 2.48. The number of benzene rings is 2. The minimum atomic E-state index is -4.24. The number of nitrogens with zero attached hydrogens (tertiary/aromatic N) is 3. The Morgan fingerprint density at radius 3 is 2.27 bits per heavy atom. The molecule has 1 atom stereocenters. The molecule has 0 radical (unpaired) electrons. The van der Waals surface area contributed by atoms with Crippen LogP contribution in [0.1, 0.15) is 12.5 Å². The summed E-state index contributed by atoms with van der Waals surface area (Å²) in [5.74, 6) is -1.99. The molecule has 0 aromatic heterocycles. The average molecular weight is 519 g/mol. The summed E-state index contributed by atoms with van der Waals surface area (Å²) in [6, 6.07) is 9.00. The van der Waals surface area contributed by atoms with Gasteiger partial charge < -0.3 is 10.2 Å². The molecule has 1 N–H and O–H groups in total. The lowest BCUT2D eigenvalue weighted by Gasteiger charge is -2.32. The van der Waals surface area contributed by atoms with Crippen LogP contribution in [0.25, 0.3) is 0 Å². The zero-order valence-corrected chi connectivity index (χ0v) is 20.9. The van der Waals surface area contributed by atoms with Gasteiger partial charge in [0, 0.05) is 27.7 Å². The molecule has 0 aliphatic rings. The fraction of sp³-hybridized carbons (Fsp3) is 0.333. The van der Waals surface area contributed by atoms with Gasteiger partial charge in [-0.2, -0.15) is 12.7 Å². The quantitative estimate of drug-likeness (QED) is 0.552. The van der Waals surface area contributed by atoms with E-state index in [2.05, 4.69) is 5.32 Å². The topological polar surface area (TPSA) is 90.0 Å². The molecule has 2 amide bonds. The van der Waals surface area contributed by atoms with E-state index < -0.39 is 40.4 Å². The summed E-state index contributed by atoms with van der Waals surface area (Å²) >= 11 is 12.0. The Kier molecular flexibility index (Phi) is 9.07. The Hall–Kier alpha value is -2.40. The number of anilines is 1. The molecule has 2 aromatic rings. The van der Waals surface area contributed by atoms with Gasteiger partial charge in [0.25, 0.3) is 0 Å². The van der Waals surface area contributed by atoms with Crippen molar-refractivity contribution in [2.24, 2.45) is 0 Å². The van der Waals surface area contributed by atoms with Crippen molar-refractivity contribution in [3.8, 4) is 0 Å². The minimum absolute atomic E-state index is 0.0581. The molecule has 0 saturated carbocycles. The summed E-state index contributed by atoms with van der Waals surface area (Å²) in [6.07, 6.45) is 0. The fourth-order valence-electron chi connectivity index (χ4n) is 2.98. The van der Waals surface area contributed by atoms with E-state index in [9.17, 15) is 22.4 Å². The fourth-order valence-corrected chi connectivity index (χ4v) is 4.37. The third-order valence-electron chi connectivity index (χ3n) is 4.89. The molecule has 33 heavy (non-hydrogen) atoms. The van der Waals surface area contributed by atoms with Crippen LogP contribution >= 0.6 is 23.2 Å². The van der Waals surface area contributed by atoms with Gasteiger partial charge >= 0.3 is 10.2 Å². The lowest BCUT2D eigenvalue weighted by Crippen LogP contribution is -2.52. The number of hydrogen-bond acceptors (Lipinski definition) is 4. The third kappa shape index (κ3) is 6.35. The van der Waals surface area contributed by atoms with Crippen molar-refractivity contribution in [1.82, 2.24) is 14.5 Å². The molecule has 0 bridgehead atoms. The van der Waals surface area contributed by atoms with Crippen molar-refractivity contribution in [3.63, 3.8) is 0 Å². The zero-order valence-electron chi connectivity index (χ0n) is 18.5. The molecule has 0 aliphatic heterocycles. The molecule has 180 valence electrons. The van der Waals surface area contributed by atoms with Crippen LogP contribution < -0.4 is 9.62 Å². The molecule has 12 heteroatoms. The largest absolute Gasteiger partial charge is 0.357 e. The van der Waals surface area contributed by atoms with Crippen molar-refractivity contribution < 1.29 is 22.4 Å². The monoisotopic (exact) mass is 518 g/mol. The number of hydrogen-bond donors (Lipinski definition) is 1. The van der Waals surface area contributed by atoms with E-state index >= 15 is 0 Å². The third-order valence-corrected chi connectivity index (χ3v) is 7.44. The van der Waals surface area contributed by atoms with Crippen molar-refractivity contribution in [2.45, 2.75) is 19.5 Å². The van der Waals surface area contributed by atoms with E-state index in [1.807, 2.05) is 0 Å². The van der Waals surface area contributed by atoms with Crippen LogP contribution in [0.15, 0.2) is 42.5 Å². The maximum Gasteiger partial charge on any atom is 0.304 e. The minimum Gasteiger partial charge on any atom is -0.357 e. The Morgan fingerprint density at radius 1 is 1.09 bits per heavy atom. The number of para-hydroxylation sites is 1. The Labute approximate surface area is 203 Å². The van der Waals surface area contributed by atoms with Gasteiger partial charge in [0.05, 0.1) is 15.7 Å². The highest BCUT2D eigenvalue weighted by molar-refractivity contribution is 7.90. The molecule has 0 saturated heterocycles. The summed E-state index contributed by atoms with van der Waals surface area (Å²) in [7, 11) is -0.276. The summed E-state index contributed by atoms with van der Waals surface area (Å²) in [5, 5.41) is 3.05. The molecule has 0 fully saturated rings. The van der Waals surface area contributed by atoms with Crippen LogP contribution in [-0.2, 0) is 26.3 Å². The van der Waals surface area contributed by atoms with E-state index in [0.29, 0.717) is 14.9 Å². The van der Waals surface area contributed by atoms with E-state index in [4.69, 9.17) is 23.2 Å². The van der Waals surface area contributed by atoms with E-state index in [1.165, 1.54) is 51.2 Å². The second-order valence-electron chi connectivity index (χ2n) is 7.31. The Morgan fingerprint density at radius 2 is 1.73 bits per heavy atom. The Bertz CT molecular complexity index is 1130. The first-order valence-electron chi connectivity index (χ1n) is 9.79. The van der Waals surface area contributed by atoms with Gasteiger partial charge in [0.2, 0.25) is 11.8 Å². The summed E-state index contributed by atoms with van der Waals surface area (Å²) in [6.45, 7) is 0.712. The molecule has 2 rings (SSSR count). The van der Waals surface area contributed by atoms with Crippen LogP contribution in [0, 0.1) is 5.82 Å². The number of nitrogens with one attached hydrogen (secondary N) is 1. The predicted molar refractivity (Wildman–Crippen MR) is 127 cm³/mol. The van der Waals surface area contributed by atoms with Gasteiger partial charge in [-0.15, -0.1) is 0 Å². The highest BCUT2D eigenvalue weighted by atomic mass is 35.5. The molecule has 2 aromatic carbocycles. The smallest absolute Gasteiger partial charge is 0.304 e. The van der Waals surface area contributed by atoms with Gasteiger partial charge in [-0.25, -0.2) is 8.70 Å². The number of rotatable bonds is 9. The van der Waals surface area contributed by atoms with E-state index in [0.717, 1.165) is 10.4 Å². The second-order valence-corrected chi connectivity index (χ2v) is 10.2. The number of carbonyl (C=O) groups excluding carboxylic acids is 2. The first-order valence-corrected chi connectivity index (χ1v) is 11.9. The van der Waals surface area contributed by atoms with Crippen molar-refractivity contribution >= 4 is 50.9 Å². The molecular weight excluding hydrogens is 494 g/mol. The van der Waals surface area contributed by atoms with Gasteiger partial charge in [-0.05, 0) is 36.8 Å². The zero-order chi connectivity index (χ0) is 24.9. The van der Waals surface area contributed by atoms with Gasteiger partial charge in [0.1, 0.15) is 18.4 Å². The standard InChI is InChI=1S/C21H25Cl2FN4O4S/c1-14(21(30)25-2)27(12-15-9-10-16(22)17(23)11-15)20(29)13-28(33(31,32)26(3)4)19-8-6-5-7-18(19)24/h5-11,14H,12-13H2,1-4H3,(H,25,30)/t14-/m1/s1. The molecule has 0 aliphatic carbocycles. The maximum absolute atomic E-state index is 14.5. The predicted octanol–water partition coefficient (Wildman–Crippen LogP) is 2.91. The molecule has 0 heterocycles. The number of carbonyl (C=O) groups is 2. The second kappa shape index (κ2) is 11.1. The number of amides is 2. The first kappa shape index (κ1) is 26.8. The lowest BCUT2D eigenvalue weighted by atomic mass is 10.1. The van der Waals surface area contributed by atoms with Crippen LogP contribution in [0.5, 0.6) is 0 Å². The normalized spacial score (nSPS) is 12.4. The van der Waals surface area contributed by atoms with Gasteiger partial charge in [-0.3, -0.25) is 9.59 Å². The van der Waals surface area contributed by atoms with Crippen LogP contribution in [0.4, 0.5) is 10.1 Å². The lowest BCUT2D eigenvalue weighted by molar-refractivity contribution is -0.139. The van der Waals surface area contributed by atoms with Gasteiger partial charge in [0.15, 0.2) is 0 Å². The van der Waals surface area contributed by atoms with Crippen LogP contribution in [0.2, 0.25) is 10.0 Å². The molecule has 0 unspecified atom stereocenters. The summed E-state index contributed by atoms with van der Waals surface area (Å²) < 4.78 is 41.9. The number of halogens is 3.